The lowest BCUT2D eigenvalue weighted by atomic mass is 9.89. The van der Waals surface area contributed by atoms with Crippen molar-refractivity contribution >= 4 is 12.0 Å². The molecular weight excluding hydrogens is 604 g/mol. The molecule has 2 amide bonds. The number of hydrogen-bond donors (Lipinski definition) is 1. The molecule has 4 aromatic rings. The van der Waals surface area contributed by atoms with E-state index in [9.17, 15) is 9.59 Å². The molecule has 5 rings (SSSR count). The van der Waals surface area contributed by atoms with E-state index in [1.54, 1.807) is 12.0 Å². The number of likely N-dealkylation sites (tertiary alicyclic amines) is 1. The Bertz CT molecular complexity index is 1680. The Balaban J connectivity index is 1.62. The van der Waals surface area contributed by atoms with Crippen LogP contribution in [0.4, 0.5) is 4.79 Å². The van der Waals surface area contributed by atoms with Gasteiger partial charge in [-0.2, -0.15) is 0 Å². The normalized spacial score (nSPS) is 14.5. The molecule has 0 bridgehead atoms. The van der Waals surface area contributed by atoms with Crippen LogP contribution < -0.4 is 19.5 Å². The number of carbonyl (C=O) groups is 2. The molecule has 1 unspecified atom stereocenters. The molecule has 1 atom stereocenters. The fourth-order valence-electron chi connectivity index (χ4n) is 5.89. The Kier molecular flexibility index (Phi) is 10.9. The van der Waals surface area contributed by atoms with Crippen LogP contribution in [0, 0.1) is 0 Å². The highest BCUT2D eigenvalue weighted by Crippen LogP contribution is 2.52. The summed E-state index contributed by atoms with van der Waals surface area (Å²) in [6.45, 7) is 11.0. The predicted molar refractivity (Wildman–Crippen MR) is 188 cm³/mol. The Morgan fingerprint density at radius 1 is 0.812 bits per heavy atom. The molecule has 8 nitrogen and oxygen atoms in total. The number of benzene rings is 4. The second-order valence-electron chi connectivity index (χ2n) is 13.3. The highest BCUT2D eigenvalue weighted by molar-refractivity contribution is 6.04. The quantitative estimate of drug-likeness (QED) is 0.176. The van der Waals surface area contributed by atoms with Gasteiger partial charge in [-0.1, -0.05) is 105 Å². The standard InChI is InChI=1S/C40H46N2O6/c1-27(2)32-36(46-25-28-16-10-7-11-17-28)33(30-20-14-9-15-21-30)35(45-6)34(37(32)47-26-29-18-12-8-13-19-29)38(43)41-31-22-23-42(24-31)39(44)48-40(3,4)5/h7-21,27,31H,22-26H2,1-6H3,(H,41,43). The van der Waals surface area contributed by atoms with Crippen molar-refractivity contribution in [1.29, 1.82) is 0 Å². The van der Waals surface area contributed by atoms with E-state index in [4.69, 9.17) is 18.9 Å². The van der Waals surface area contributed by atoms with Crippen molar-refractivity contribution in [3.05, 3.63) is 113 Å². The van der Waals surface area contributed by atoms with E-state index in [0.29, 0.717) is 54.5 Å². The lowest BCUT2D eigenvalue weighted by Gasteiger charge is -2.28. The van der Waals surface area contributed by atoms with E-state index in [1.165, 1.54) is 0 Å². The van der Waals surface area contributed by atoms with E-state index in [-0.39, 0.29) is 24.5 Å². The molecule has 0 aromatic heterocycles. The maximum absolute atomic E-state index is 14.5. The summed E-state index contributed by atoms with van der Waals surface area (Å²) < 4.78 is 25.1. The van der Waals surface area contributed by atoms with Crippen molar-refractivity contribution in [3.8, 4) is 28.4 Å². The fraction of sp³-hybridized carbons (Fsp3) is 0.350. The lowest BCUT2D eigenvalue weighted by molar-refractivity contribution is 0.0290. The number of rotatable bonds is 11. The number of methoxy groups -OCH3 is 1. The third-order valence-electron chi connectivity index (χ3n) is 8.10. The van der Waals surface area contributed by atoms with Gasteiger partial charge in [-0.05, 0) is 49.8 Å². The second-order valence-corrected chi connectivity index (χ2v) is 13.3. The number of carbonyl (C=O) groups excluding carboxylic acids is 2. The lowest BCUT2D eigenvalue weighted by Crippen LogP contribution is -2.40. The molecule has 1 N–H and O–H groups in total. The van der Waals surface area contributed by atoms with E-state index in [1.807, 2.05) is 112 Å². The van der Waals surface area contributed by atoms with E-state index >= 15 is 0 Å². The molecule has 1 fully saturated rings. The SMILES string of the molecule is COc1c(C(=O)NC2CCN(C(=O)OC(C)(C)C)C2)c(OCc2ccccc2)c(C(C)C)c(OCc2ccccc2)c1-c1ccccc1. The van der Waals surface area contributed by atoms with Crippen molar-refractivity contribution in [3.63, 3.8) is 0 Å². The average molecular weight is 651 g/mol. The summed E-state index contributed by atoms with van der Waals surface area (Å²) in [4.78, 5) is 29.0. The summed E-state index contributed by atoms with van der Waals surface area (Å²) in [6.07, 6.45) is 0.200. The van der Waals surface area contributed by atoms with Crippen LogP contribution in [0.25, 0.3) is 11.1 Å². The van der Waals surface area contributed by atoms with Gasteiger partial charge in [0.25, 0.3) is 5.91 Å². The summed E-state index contributed by atoms with van der Waals surface area (Å²) in [6, 6.07) is 29.4. The molecule has 1 heterocycles. The van der Waals surface area contributed by atoms with Gasteiger partial charge in [-0.3, -0.25) is 4.79 Å². The Morgan fingerprint density at radius 2 is 1.35 bits per heavy atom. The van der Waals surface area contributed by atoms with Gasteiger partial charge in [0, 0.05) is 24.7 Å². The highest BCUT2D eigenvalue weighted by atomic mass is 16.6. The smallest absolute Gasteiger partial charge is 0.410 e. The molecular formula is C40H46N2O6. The van der Waals surface area contributed by atoms with E-state index < -0.39 is 11.7 Å². The van der Waals surface area contributed by atoms with Crippen LogP contribution in [0.2, 0.25) is 0 Å². The maximum atomic E-state index is 14.5. The van der Waals surface area contributed by atoms with Gasteiger partial charge in [0.05, 0.1) is 12.7 Å². The van der Waals surface area contributed by atoms with Gasteiger partial charge in [-0.15, -0.1) is 0 Å². The Hall–Kier alpha value is -4.98. The summed E-state index contributed by atoms with van der Waals surface area (Å²) in [5.41, 5.74) is 3.95. The van der Waals surface area contributed by atoms with Crippen molar-refractivity contribution in [2.24, 2.45) is 0 Å². The summed E-state index contributed by atoms with van der Waals surface area (Å²) in [5, 5.41) is 3.19. The van der Waals surface area contributed by atoms with Crippen LogP contribution in [-0.2, 0) is 18.0 Å². The molecule has 1 aliphatic rings. The zero-order valence-corrected chi connectivity index (χ0v) is 28.7. The van der Waals surface area contributed by atoms with Crippen LogP contribution in [0.3, 0.4) is 0 Å². The van der Waals surface area contributed by atoms with Crippen molar-refractivity contribution < 1.29 is 28.5 Å². The minimum Gasteiger partial charge on any atom is -0.495 e. The minimum atomic E-state index is -0.609. The molecule has 48 heavy (non-hydrogen) atoms. The molecule has 0 aliphatic carbocycles. The predicted octanol–water partition coefficient (Wildman–Crippen LogP) is 8.38. The molecule has 252 valence electrons. The van der Waals surface area contributed by atoms with Gasteiger partial charge in [0.2, 0.25) is 0 Å². The maximum Gasteiger partial charge on any atom is 0.410 e. The third-order valence-corrected chi connectivity index (χ3v) is 8.10. The summed E-state index contributed by atoms with van der Waals surface area (Å²) in [7, 11) is 1.56. The number of amides is 2. The van der Waals surface area contributed by atoms with Gasteiger partial charge < -0.3 is 29.2 Å². The molecule has 0 spiro atoms. The van der Waals surface area contributed by atoms with Gasteiger partial charge in [0.1, 0.15) is 41.6 Å². The average Bonchev–Trinajstić information content (AvgIpc) is 3.54. The first-order chi connectivity index (χ1) is 23.1. The molecule has 0 saturated carbocycles. The van der Waals surface area contributed by atoms with Crippen LogP contribution in [0.5, 0.6) is 17.2 Å². The minimum absolute atomic E-state index is 0.0874. The van der Waals surface area contributed by atoms with Gasteiger partial charge in [-0.25, -0.2) is 4.79 Å². The Labute approximate surface area is 284 Å². The monoisotopic (exact) mass is 650 g/mol. The van der Waals surface area contributed by atoms with Crippen molar-refractivity contribution in [1.82, 2.24) is 10.2 Å². The van der Waals surface area contributed by atoms with Crippen molar-refractivity contribution in [2.45, 2.75) is 71.8 Å². The summed E-state index contributed by atoms with van der Waals surface area (Å²) in [5.74, 6) is 0.938. The highest BCUT2D eigenvalue weighted by Gasteiger charge is 2.36. The Morgan fingerprint density at radius 3 is 1.88 bits per heavy atom. The number of hydrogen-bond acceptors (Lipinski definition) is 6. The van der Waals surface area contributed by atoms with Crippen LogP contribution >= 0.6 is 0 Å². The number of nitrogens with zero attached hydrogens (tertiary/aromatic N) is 1. The zero-order valence-electron chi connectivity index (χ0n) is 28.7. The van der Waals surface area contributed by atoms with E-state index in [0.717, 1.165) is 22.3 Å². The van der Waals surface area contributed by atoms with Crippen molar-refractivity contribution in [2.75, 3.05) is 20.2 Å². The van der Waals surface area contributed by atoms with Crippen LogP contribution in [0.15, 0.2) is 91.0 Å². The van der Waals surface area contributed by atoms with E-state index in [2.05, 4.69) is 19.2 Å². The molecule has 1 saturated heterocycles. The molecule has 0 radical (unpaired) electrons. The third kappa shape index (κ3) is 8.29. The first kappa shape index (κ1) is 34.4. The zero-order chi connectivity index (χ0) is 34.3. The topological polar surface area (TPSA) is 86.3 Å². The first-order valence-corrected chi connectivity index (χ1v) is 16.5. The fourth-order valence-corrected chi connectivity index (χ4v) is 5.89. The second kappa shape index (κ2) is 15.3. The van der Waals surface area contributed by atoms with Gasteiger partial charge in [0.15, 0.2) is 0 Å². The molecule has 1 aliphatic heterocycles. The summed E-state index contributed by atoms with van der Waals surface area (Å²) >= 11 is 0. The molecule has 4 aromatic carbocycles. The number of nitrogens with one attached hydrogen (secondary N) is 1. The first-order valence-electron chi connectivity index (χ1n) is 16.5. The van der Waals surface area contributed by atoms with Crippen LogP contribution in [-0.4, -0.2) is 48.7 Å². The van der Waals surface area contributed by atoms with Gasteiger partial charge >= 0.3 is 6.09 Å². The largest absolute Gasteiger partial charge is 0.495 e. The number of ether oxygens (including phenoxy) is 4. The molecule has 8 heteroatoms. The van der Waals surface area contributed by atoms with Crippen LogP contribution in [0.1, 0.15) is 74.0 Å².